The number of aromatic nitrogens is 1. The molecule has 1 heterocycles. The lowest BCUT2D eigenvalue weighted by atomic mass is 10.0. The molecule has 0 saturated carbocycles. The number of aryl methyl sites for hydroxylation is 1. The SMILES string of the molecule is CCOCc1ccccc1-c1ccccc1S(=O)(=O)Nc1noc(C)c1C(C)C. The summed E-state index contributed by atoms with van der Waals surface area (Å²) in [6, 6.07) is 14.6. The Hall–Kier alpha value is -2.64. The Morgan fingerprint density at radius 3 is 2.41 bits per heavy atom. The standard InChI is InChI=1S/C22H26N2O4S/c1-5-27-14-17-10-6-7-11-18(17)19-12-8-9-13-20(19)29(25,26)24-22-21(15(2)3)16(4)28-23-22/h6-13,15H,5,14H2,1-4H3,(H,23,24). The second kappa shape index (κ2) is 8.80. The number of anilines is 1. The zero-order valence-electron chi connectivity index (χ0n) is 17.1. The molecule has 29 heavy (non-hydrogen) atoms. The summed E-state index contributed by atoms with van der Waals surface area (Å²) in [4.78, 5) is 0.180. The van der Waals surface area contributed by atoms with Gasteiger partial charge < -0.3 is 9.26 Å². The monoisotopic (exact) mass is 414 g/mol. The van der Waals surface area contributed by atoms with Crippen molar-refractivity contribution in [3.8, 4) is 11.1 Å². The first-order chi connectivity index (χ1) is 13.8. The fourth-order valence-electron chi connectivity index (χ4n) is 3.36. The molecule has 0 spiro atoms. The highest BCUT2D eigenvalue weighted by Gasteiger charge is 2.25. The Morgan fingerprint density at radius 2 is 1.72 bits per heavy atom. The summed E-state index contributed by atoms with van der Waals surface area (Å²) >= 11 is 0. The van der Waals surface area contributed by atoms with Gasteiger partial charge in [-0.25, -0.2) is 8.42 Å². The van der Waals surface area contributed by atoms with E-state index in [-0.39, 0.29) is 16.6 Å². The average Bonchev–Trinajstić information content (AvgIpc) is 3.06. The van der Waals surface area contributed by atoms with E-state index < -0.39 is 10.0 Å². The lowest BCUT2D eigenvalue weighted by Gasteiger charge is -2.15. The van der Waals surface area contributed by atoms with Crippen LogP contribution in [0.5, 0.6) is 0 Å². The van der Waals surface area contributed by atoms with Gasteiger partial charge in [-0.3, -0.25) is 4.72 Å². The van der Waals surface area contributed by atoms with Gasteiger partial charge in [0, 0.05) is 17.7 Å². The molecule has 3 rings (SSSR count). The van der Waals surface area contributed by atoms with Crippen LogP contribution in [-0.4, -0.2) is 20.2 Å². The van der Waals surface area contributed by atoms with Crippen LogP contribution in [0.3, 0.4) is 0 Å². The van der Waals surface area contributed by atoms with E-state index in [9.17, 15) is 8.42 Å². The van der Waals surface area contributed by atoms with Crippen LogP contribution in [0.4, 0.5) is 5.82 Å². The molecule has 0 saturated heterocycles. The number of nitrogens with zero attached hydrogens (tertiary/aromatic N) is 1. The van der Waals surface area contributed by atoms with E-state index in [0.29, 0.717) is 24.5 Å². The number of ether oxygens (including phenoxy) is 1. The first kappa shape index (κ1) is 21.1. The third-order valence-electron chi connectivity index (χ3n) is 4.66. The molecule has 1 N–H and O–H groups in total. The van der Waals surface area contributed by atoms with Gasteiger partial charge in [0.1, 0.15) is 5.76 Å². The maximum absolute atomic E-state index is 13.3. The summed E-state index contributed by atoms with van der Waals surface area (Å²) in [7, 11) is -3.89. The summed E-state index contributed by atoms with van der Waals surface area (Å²) in [6.45, 7) is 8.63. The van der Waals surface area contributed by atoms with E-state index in [2.05, 4.69) is 9.88 Å². The molecule has 0 radical (unpaired) electrons. The van der Waals surface area contributed by atoms with E-state index in [1.807, 2.05) is 51.1 Å². The Labute approximate surface area is 171 Å². The van der Waals surface area contributed by atoms with Gasteiger partial charge in [0.15, 0.2) is 5.82 Å². The summed E-state index contributed by atoms with van der Waals surface area (Å²) in [6.07, 6.45) is 0. The van der Waals surface area contributed by atoms with Crippen molar-refractivity contribution < 1.29 is 17.7 Å². The summed E-state index contributed by atoms with van der Waals surface area (Å²) in [5.74, 6) is 0.907. The molecule has 0 atom stereocenters. The third kappa shape index (κ3) is 4.52. The molecule has 0 aliphatic heterocycles. The molecule has 1 aromatic heterocycles. The van der Waals surface area contributed by atoms with Crippen LogP contribution in [0.25, 0.3) is 11.1 Å². The van der Waals surface area contributed by atoms with Crippen molar-refractivity contribution in [2.45, 2.75) is 45.1 Å². The van der Waals surface area contributed by atoms with Crippen molar-refractivity contribution in [1.29, 1.82) is 0 Å². The molecule has 154 valence electrons. The predicted octanol–water partition coefficient (Wildman–Crippen LogP) is 5.11. The summed E-state index contributed by atoms with van der Waals surface area (Å²) in [5, 5.41) is 3.92. The van der Waals surface area contributed by atoms with Crippen molar-refractivity contribution in [2.24, 2.45) is 0 Å². The highest BCUT2D eigenvalue weighted by molar-refractivity contribution is 7.92. The highest BCUT2D eigenvalue weighted by atomic mass is 32.2. The first-order valence-corrected chi connectivity index (χ1v) is 11.1. The van der Waals surface area contributed by atoms with Gasteiger partial charge in [-0.1, -0.05) is 61.5 Å². The maximum atomic E-state index is 13.3. The van der Waals surface area contributed by atoms with Crippen molar-refractivity contribution in [1.82, 2.24) is 5.16 Å². The summed E-state index contributed by atoms with van der Waals surface area (Å²) < 4.78 is 40.0. The van der Waals surface area contributed by atoms with Crippen molar-refractivity contribution >= 4 is 15.8 Å². The zero-order valence-corrected chi connectivity index (χ0v) is 17.9. The van der Waals surface area contributed by atoms with Crippen molar-refractivity contribution in [3.63, 3.8) is 0 Å². The van der Waals surface area contributed by atoms with E-state index in [0.717, 1.165) is 16.7 Å². The fourth-order valence-corrected chi connectivity index (χ4v) is 4.60. The smallest absolute Gasteiger partial charge is 0.263 e. The molecule has 6 nitrogen and oxygen atoms in total. The molecule has 0 amide bonds. The van der Waals surface area contributed by atoms with E-state index in [1.54, 1.807) is 25.1 Å². The summed E-state index contributed by atoms with van der Waals surface area (Å²) in [5.41, 5.74) is 3.11. The molecule has 0 unspecified atom stereocenters. The first-order valence-electron chi connectivity index (χ1n) is 9.59. The Kier molecular flexibility index (Phi) is 6.39. The fraction of sp³-hybridized carbons (Fsp3) is 0.318. The lowest BCUT2D eigenvalue weighted by Crippen LogP contribution is -2.16. The van der Waals surface area contributed by atoms with Crippen molar-refractivity contribution in [3.05, 3.63) is 65.4 Å². The van der Waals surface area contributed by atoms with Gasteiger partial charge >= 0.3 is 0 Å². The minimum absolute atomic E-state index is 0.0705. The van der Waals surface area contributed by atoms with Gasteiger partial charge in [-0.2, -0.15) is 0 Å². The van der Waals surface area contributed by atoms with Crippen LogP contribution >= 0.6 is 0 Å². The van der Waals surface area contributed by atoms with Gasteiger partial charge in [-0.05, 0) is 37.0 Å². The minimum atomic E-state index is -3.89. The highest BCUT2D eigenvalue weighted by Crippen LogP contribution is 2.33. The van der Waals surface area contributed by atoms with E-state index >= 15 is 0 Å². The zero-order chi connectivity index (χ0) is 21.0. The number of benzene rings is 2. The normalized spacial score (nSPS) is 11.8. The van der Waals surface area contributed by atoms with Gasteiger partial charge in [0.05, 0.1) is 11.5 Å². The molecule has 2 aromatic carbocycles. The van der Waals surface area contributed by atoms with Crippen LogP contribution in [0, 0.1) is 6.92 Å². The van der Waals surface area contributed by atoms with Crippen LogP contribution in [0.15, 0.2) is 57.9 Å². The van der Waals surface area contributed by atoms with Gasteiger partial charge in [-0.15, -0.1) is 0 Å². The number of nitrogens with one attached hydrogen (secondary N) is 1. The Morgan fingerprint density at radius 1 is 1.07 bits per heavy atom. The average molecular weight is 415 g/mol. The second-order valence-corrected chi connectivity index (χ2v) is 8.70. The second-order valence-electron chi connectivity index (χ2n) is 7.05. The van der Waals surface area contributed by atoms with Gasteiger partial charge in [0.2, 0.25) is 0 Å². The van der Waals surface area contributed by atoms with Crippen LogP contribution < -0.4 is 4.72 Å². The predicted molar refractivity (Wildman–Crippen MR) is 113 cm³/mol. The minimum Gasteiger partial charge on any atom is -0.377 e. The van der Waals surface area contributed by atoms with Gasteiger partial charge in [0.25, 0.3) is 10.0 Å². The Bertz CT molecular complexity index is 1090. The van der Waals surface area contributed by atoms with Crippen molar-refractivity contribution in [2.75, 3.05) is 11.3 Å². The number of rotatable bonds is 8. The lowest BCUT2D eigenvalue weighted by molar-refractivity contribution is 0.134. The van der Waals surface area contributed by atoms with E-state index in [1.165, 1.54) is 0 Å². The topological polar surface area (TPSA) is 81.4 Å². The molecule has 7 heteroatoms. The molecular weight excluding hydrogens is 388 g/mol. The number of hydrogen-bond donors (Lipinski definition) is 1. The molecular formula is C22H26N2O4S. The molecule has 0 fully saturated rings. The Balaban J connectivity index is 2.06. The maximum Gasteiger partial charge on any atom is 0.263 e. The molecule has 0 aliphatic carbocycles. The van der Waals surface area contributed by atoms with Crippen LogP contribution in [0.2, 0.25) is 0 Å². The quantitative estimate of drug-likeness (QED) is 0.554. The van der Waals surface area contributed by atoms with E-state index in [4.69, 9.17) is 9.26 Å². The molecule has 0 aliphatic rings. The number of hydrogen-bond acceptors (Lipinski definition) is 5. The molecule has 3 aromatic rings. The number of sulfonamides is 1. The van der Waals surface area contributed by atoms with Crippen LogP contribution in [0.1, 0.15) is 43.6 Å². The third-order valence-corrected chi connectivity index (χ3v) is 6.06. The molecule has 0 bridgehead atoms. The largest absolute Gasteiger partial charge is 0.377 e. The van der Waals surface area contributed by atoms with Crippen LogP contribution in [-0.2, 0) is 21.4 Å².